The number of hydrogen-bond acceptors (Lipinski definition) is 10. The van der Waals surface area contributed by atoms with E-state index in [9.17, 15) is 29.4 Å². The van der Waals surface area contributed by atoms with Crippen LogP contribution in [0.5, 0.6) is 0 Å². The summed E-state index contributed by atoms with van der Waals surface area (Å²) in [5.74, 6) is -3.14. The van der Waals surface area contributed by atoms with Gasteiger partial charge in [-0.05, 0) is 51.8 Å². The van der Waals surface area contributed by atoms with Crippen LogP contribution in [-0.4, -0.2) is 73.9 Å². The van der Waals surface area contributed by atoms with Crippen LogP contribution in [0, 0.1) is 11.3 Å². The number of nitrogens with zero attached hydrogens (tertiary/aromatic N) is 1. The Morgan fingerprint density at radius 1 is 0.929 bits per heavy atom. The summed E-state index contributed by atoms with van der Waals surface area (Å²) in [6, 6.07) is 10.8. The second-order valence-electron chi connectivity index (χ2n) is 12.5. The molecule has 1 saturated heterocycles. The number of fused-ring (bicyclic) bond motifs is 1. The van der Waals surface area contributed by atoms with Crippen LogP contribution < -0.4 is 5.56 Å². The predicted octanol–water partition coefficient (Wildman–Crippen LogP) is 2.16. The van der Waals surface area contributed by atoms with Crippen LogP contribution >= 0.6 is 0 Å². The summed E-state index contributed by atoms with van der Waals surface area (Å²) in [6.07, 6.45) is -3.49. The van der Waals surface area contributed by atoms with E-state index in [1.165, 1.54) is 36.9 Å². The van der Waals surface area contributed by atoms with Crippen molar-refractivity contribution in [3.8, 4) is 0 Å². The lowest BCUT2D eigenvalue weighted by Crippen LogP contribution is -2.81. The van der Waals surface area contributed by atoms with E-state index in [4.69, 9.17) is 18.9 Å². The van der Waals surface area contributed by atoms with E-state index in [1.54, 1.807) is 58.0 Å². The van der Waals surface area contributed by atoms with Crippen molar-refractivity contribution in [2.75, 3.05) is 0 Å². The van der Waals surface area contributed by atoms with Crippen molar-refractivity contribution in [1.29, 1.82) is 0 Å². The number of esters is 3. The van der Waals surface area contributed by atoms with Crippen LogP contribution in [0.25, 0.3) is 0 Å². The average molecular weight is 584 g/mol. The second kappa shape index (κ2) is 10.0. The third-order valence-corrected chi connectivity index (χ3v) is 9.50. The van der Waals surface area contributed by atoms with Crippen molar-refractivity contribution in [2.45, 2.75) is 88.7 Å². The first kappa shape index (κ1) is 29.9. The third kappa shape index (κ3) is 4.28. The maximum atomic E-state index is 13.6. The average Bonchev–Trinajstić information content (AvgIpc) is 3.13. The molecular formula is C31H37NO10. The Balaban J connectivity index is 1.70. The van der Waals surface area contributed by atoms with E-state index >= 15 is 0 Å². The van der Waals surface area contributed by atoms with Crippen LogP contribution in [-0.2, 0) is 30.8 Å². The summed E-state index contributed by atoms with van der Waals surface area (Å²) in [6.45, 7) is 7.80. The Bertz CT molecular complexity index is 1470. The summed E-state index contributed by atoms with van der Waals surface area (Å²) in [5, 5.41) is 23.8. The lowest BCUT2D eigenvalue weighted by molar-refractivity contribution is -0.334. The number of rotatable bonds is 5. The highest BCUT2D eigenvalue weighted by molar-refractivity contribution is 5.90. The lowest BCUT2D eigenvalue weighted by Gasteiger charge is -2.64. The van der Waals surface area contributed by atoms with Gasteiger partial charge in [0.15, 0.2) is 6.10 Å². The normalized spacial score (nSPS) is 36.4. The topological polar surface area (TPSA) is 151 Å². The molecule has 2 heterocycles. The van der Waals surface area contributed by atoms with Crippen LogP contribution in [0.1, 0.15) is 68.2 Å². The Morgan fingerprint density at radius 3 is 2.17 bits per heavy atom. The van der Waals surface area contributed by atoms with Gasteiger partial charge in [0.05, 0.1) is 39.8 Å². The van der Waals surface area contributed by atoms with Gasteiger partial charge < -0.3 is 33.7 Å². The summed E-state index contributed by atoms with van der Waals surface area (Å²) in [5.41, 5.74) is -6.34. The quantitative estimate of drug-likeness (QED) is 0.396. The molecule has 8 unspecified atom stereocenters. The highest BCUT2D eigenvalue weighted by Crippen LogP contribution is 2.68. The number of ether oxygens (including phenoxy) is 4. The van der Waals surface area contributed by atoms with Crippen LogP contribution in [0.4, 0.5) is 0 Å². The monoisotopic (exact) mass is 583 g/mol. The first-order valence-electron chi connectivity index (χ1n) is 14.0. The van der Waals surface area contributed by atoms with Crippen LogP contribution in [0.3, 0.4) is 0 Å². The molecule has 0 radical (unpaired) electrons. The zero-order valence-electron chi connectivity index (χ0n) is 24.5. The molecule has 2 aliphatic carbocycles. The van der Waals surface area contributed by atoms with Gasteiger partial charge >= 0.3 is 17.9 Å². The lowest BCUT2D eigenvalue weighted by atomic mass is 9.47. The molecule has 8 atom stereocenters. The number of aliphatic hydroxyl groups excluding tert-OH is 1. The van der Waals surface area contributed by atoms with Gasteiger partial charge in [0.25, 0.3) is 0 Å². The highest BCUT2D eigenvalue weighted by Gasteiger charge is 2.85. The second-order valence-corrected chi connectivity index (χ2v) is 12.5. The summed E-state index contributed by atoms with van der Waals surface area (Å²) in [7, 11) is 1.50. The number of pyridine rings is 1. The molecule has 0 amide bonds. The van der Waals surface area contributed by atoms with Gasteiger partial charge in [0.1, 0.15) is 17.8 Å². The summed E-state index contributed by atoms with van der Waals surface area (Å²) >= 11 is 0. The zero-order valence-corrected chi connectivity index (χ0v) is 24.5. The number of benzene rings is 1. The summed E-state index contributed by atoms with van der Waals surface area (Å²) < 4.78 is 26.1. The number of carbonyl (C=O) groups excluding carboxylic acids is 3. The molecule has 11 heteroatoms. The van der Waals surface area contributed by atoms with Crippen molar-refractivity contribution < 1.29 is 43.5 Å². The van der Waals surface area contributed by atoms with Gasteiger partial charge in [-0.2, -0.15) is 0 Å². The number of carbonyl (C=O) groups is 3. The van der Waals surface area contributed by atoms with Crippen molar-refractivity contribution >= 4 is 17.9 Å². The highest BCUT2D eigenvalue weighted by atomic mass is 16.6. The molecule has 1 spiro atoms. The number of aromatic nitrogens is 1. The molecule has 42 heavy (non-hydrogen) atoms. The van der Waals surface area contributed by atoms with Crippen molar-refractivity contribution in [3.05, 3.63) is 70.1 Å². The molecule has 2 bridgehead atoms. The summed E-state index contributed by atoms with van der Waals surface area (Å²) in [4.78, 5) is 51.6. The molecule has 5 rings (SSSR count). The first-order valence-corrected chi connectivity index (χ1v) is 14.0. The van der Waals surface area contributed by atoms with E-state index in [0.29, 0.717) is 0 Å². The maximum Gasteiger partial charge on any atom is 0.340 e. The van der Waals surface area contributed by atoms with Gasteiger partial charge in [-0.1, -0.05) is 25.1 Å². The Labute approximate surface area is 243 Å². The van der Waals surface area contributed by atoms with Crippen molar-refractivity contribution in [1.82, 2.24) is 4.57 Å². The first-order chi connectivity index (χ1) is 19.6. The molecule has 2 saturated carbocycles. The third-order valence-electron chi connectivity index (χ3n) is 9.50. The van der Waals surface area contributed by atoms with Gasteiger partial charge in [0.2, 0.25) is 5.56 Å². The van der Waals surface area contributed by atoms with E-state index in [1.807, 2.05) is 0 Å². The molecular weight excluding hydrogens is 546 g/mol. The van der Waals surface area contributed by atoms with Crippen molar-refractivity contribution in [3.63, 3.8) is 0 Å². The molecule has 11 nitrogen and oxygen atoms in total. The molecule has 2 N–H and O–H groups in total. The van der Waals surface area contributed by atoms with Crippen LogP contribution in [0.2, 0.25) is 0 Å². The fourth-order valence-corrected chi connectivity index (χ4v) is 7.55. The Kier molecular flexibility index (Phi) is 7.15. The molecule has 226 valence electrons. The fraction of sp³-hybridized carbons (Fsp3) is 0.548. The molecule has 1 aliphatic heterocycles. The minimum Gasteiger partial charge on any atom is -0.458 e. The predicted molar refractivity (Wildman–Crippen MR) is 147 cm³/mol. The van der Waals surface area contributed by atoms with Gasteiger partial charge in [-0.25, -0.2) is 9.59 Å². The minimum atomic E-state index is -1.81. The molecule has 3 aliphatic rings. The smallest absolute Gasteiger partial charge is 0.340 e. The fourth-order valence-electron chi connectivity index (χ4n) is 7.55. The van der Waals surface area contributed by atoms with Gasteiger partial charge in [-0.15, -0.1) is 0 Å². The standard InChI is InChI=1S/C31H37NO10/c1-17(33)39-23-22-24(40-27(37)19-12-13-21(35)32(6)16-19)31(42-28(22,2)3)29(4,38)15-14-20(34)30(31,5)25(23)41-26(36)18-10-8-7-9-11-18/h7-13,16,20,22-25,34,38H,14-15H2,1-6H3. The van der Waals surface area contributed by atoms with Gasteiger partial charge in [-0.3, -0.25) is 9.59 Å². The molecule has 1 aromatic heterocycles. The zero-order chi connectivity index (χ0) is 30.8. The molecule has 2 aromatic rings. The molecule has 3 fully saturated rings. The molecule has 1 aromatic carbocycles. The number of aryl methyl sites for hydroxylation is 1. The van der Waals surface area contributed by atoms with Gasteiger partial charge in [0, 0.05) is 26.2 Å². The SMILES string of the molecule is CC(=O)OC1C2C(OC(=O)c3ccc(=O)n(C)c3)C3(OC2(C)C)C(C)(O)CCC(O)C3(C)C1OC(=O)c1ccccc1. The van der Waals surface area contributed by atoms with E-state index in [-0.39, 0.29) is 29.5 Å². The van der Waals surface area contributed by atoms with E-state index in [0.717, 1.165) is 0 Å². The minimum absolute atomic E-state index is 0.0741. The van der Waals surface area contributed by atoms with Crippen LogP contribution in [0.15, 0.2) is 53.5 Å². The van der Waals surface area contributed by atoms with E-state index in [2.05, 4.69) is 0 Å². The van der Waals surface area contributed by atoms with E-state index < -0.39 is 70.5 Å². The Hall–Kier alpha value is -3.54. The number of hydrogen-bond donors (Lipinski definition) is 2. The largest absolute Gasteiger partial charge is 0.458 e. The Morgan fingerprint density at radius 2 is 1.55 bits per heavy atom. The maximum absolute atomic E-state index is 13.6. The van der Waals surface area contributed by atoms with Crippen molar-refractivity contribution in [2.24, 2.45) is 18.4 Å². The number of aliphatic hydroxyl groups is 2.